The van der Waals surface area contributed by atoms with Gasteiger partial charge in [-0.2, -0.15) is 0 Å². The molecule has 0 bridgehead atoms. The van der Waals surface area contributed by atoms with Crippen molar-refractivity contribution in [1.82, 2.24) is 10.2 Å². The normalized spacial score (nSPS) is 19.5. The van der Waals surface area contributed by atoms with Crippen molar-refractivity contribution in [3.63, 3.8) is 0 Å². The van der Waals surface area contributed by atoms with Gasteiger partial charge >= 0.3 is 0 Å². The number of nitrogens with zero attached hydrogens (tertiary/aromatic N) is 2. The molecule has 0 aromatic heterocycles. The molecule has 1 aliphatic heterocycles. The maximum Gasteiger partial charge on any atom is 0.175 e. The van der Waals surface area contributed by atoms with Crippen molar-refractivity contribution < 1.29 is 0 Å². The van der Waals surface area contributed by atoms with Crippen LogP contribution in [0.4, 0.5) is 0 Å². The Hall–Kier alpha value is -0.290. The molecule has 0 radical (unpaired) electrons. The number of amidine groups is 1. The molecule has 0 amide bonds. The summed E-state index contributed by atoms with van der Waals surface area (Å²) in [6.07, 6.45) is 0. The fourth-order valence-corrected chi connectivity index (χ4v) is 2.50. The molecule has 1 saturated heterocycles. The molecule has 1 aliphatic rings. The van der Waals surface area contributed by atoms with Crippen molar-refractivity contribution in [2.45, 2.75) is 13.8 Å². The number of thiocarbonyl (C=S) groups is 1. The highest BCUT2D eigenvalue weighted by Crippen LogP contribution is 2.17. The summed E-state index contributed by atoms with van der Waals surface area (Å²) >= 11 is 7.00. The highest BCUT2D eigenvalue weighted by molar-refractivity contribution is 8.14. The number of thioether (sulfide) groups is 1. The fraction of sp³-hybridized carbons (Fsp3) is 0.750. The Kier molecular flexibility index (Phi) is 4.52. The molecule has 0 aromatic carbocycles. The van der Waals surface area contributed by atoms with Crippen molar-refractivity contribution in [2.75, 3.05) is 25.4 Å². The molecule has 0 unspecified atom stereocenters. The first-order valence-corrected chi connectivity index (χ1v) is 5.91. The van der Waals surface area contributed by atoms with Crippen LogP contribution in [0.25, 0.3) is 0 Å². The van der Waals surface area contributed by atoms with E-state index in [1.807, 2.05) is 13.8 Å². The third-order valence-electron chi connectivity index (χ3n) is 1.64. The SMILES string of the molecule is CCN=C1SCCN1C(=S)NCC. The summed E-state index contributed by atoms with van der Waals surface area (Å²) in [6, 6.07) is 0. The molecule has 1 rings (SSSR count). The van der Waals surface area contributed by atoms with Gasteiger partial charge in [-0.3, -0.25) is 9.89 Å². The second-order valence-corrected chi connectivity index (χ2v) is 4.04. The van der Waals surface area contributed by atoms with Crippen LogP contribution >= 0.6 is 24.0 Å². The number of hydrogen-bond acceptors (Lipinski definition) is 3. The minimum absolute atomic E-state index is 0.805. The Morgan fingerprint density at radius 1 is 1.69 bits per heavy atom. The average Bonchev–Trinajstić information content (AvgIpc) is 2.54. The molecular formula is C8H15N3S2. The number of aliphatic imine (C=N–C) groups is 1. The molecule has 3 nitrogen and oxygen atoms in total. The minimum Gasteiger partial charge on any atom is -0.363 e. The van der Waals surface area contributed by atoms with E-state index in [1.165, 1.54) is 0 Å². The predicted octanol–water partition coefficient (Wildman–Crippen LogP) is 1.31. The molecule has 0 atom stereocenters. The van der Waals surface area contributed by atoms with Gasteiger partial charge in [0.05, 0.1) is 0 Å². The standard InChI is InChI=1S/C8H15N3S2/c1-3-9-7(12)11-5-6-13-8(11)10-4-2/h3-6H2,1-2H3,(H,9,12). The summed E-state index contributed by atoms with van der Waals surface area (Å²) < 4.78 is 0. The lowest BCUT2D eigenvalue weighted by Crippen LogP contribution is -2.40. The lowest BCUT2D eigenvalue weighted by Gasteiger charge is -2.18. The van der Waals surface area contributed by atoms with Gasteiger partial charge in [-0.25, -0.2) is 0 Å². The fourth-order valence-electron chi connectivity index (χ4n) is 1.10. The Morgan fingerprint density at radius 3 is 3.08 bits per heavy atom. The number of rotatable bonds is 2. The summed E-state index contributed by atoms with van der Waals surface area (Å²) in [4.78, 5) is 6.46. The molecule has 1 N–H and O–H groups in total. The van der Waals surface area contributed by atoms with Gasteiger partial charge in [-0.05, 0) is 26.1 Å². The zero-order valence-corrected chi connectivity index (χ0v) is 9.67. The van der Waals surface area contributed by atoms with E-state index in [0.717, 1.165) is 35.7 Å². The van der Waals surface area contributed by atoms with Crippen LogP contribution in [0.2, 0.25) is 0 Å². The van der Waals surface area contributed by atoms with Crippen molar-refractivity contribution in [3.05, 3.63) is 0 Å². The zero-order valence-electron chi connectivity index (χ0n) is 8.04. The van der Waals surface area contributed by atoms with Gasteiger partial charge in [0.25, 0.3) is 0 Å². The van der Waals surface area contributed by atoms with E-state index in [2.05, 4.69) is 15.2 Å². The third-order valence-corrected chi connectivity index (χ3v) is 3.00. The largest absolute Gasteiger partial charge is 0.363 e. The Morgan fingerprint density at radius 2 is 2.46 bits per heavy atom. The van der Waals surface area contributed by atoms with Crippen molar-refractivity contribution >= 4 is 34.3 Å². The highest BCUT2D eigenvalue weighted by Gasteiger charge is 2.21. The third kappa shape index (κ3) is 2.84. The molecule has 0 aromatic rings. The van der Waals surface area contributed by atoms with Gasteiger partial charge in [0, 0.05) is 25.4 Å². The van der Waals surface area contributed by atoms with Gasteiger partial charge in [-0.1, -0.05) is 11.8 Å². The summed E-state index contributed by atoms with van der Waals surface area (Å²) in [6.45, 7) is 6.77. The van der Waals surface area contributed by atoms with Crippen LogP contribution in [0.15, 0.2) is 4.99 Å². The van der Waals surface area contributed by atoms with E-state index in [0.29, 0.717) is 0 Å². The molecule has 1 heterocycles. The van der Waals surface area contributed by atoms with Crippen molar-refractivity contribution in [1.29, 1.82) is 0 Å². The van der Waals surface area contributed by atoms with Gasteiger partial charge in [-0.15, -0.1) is 0 Å². The van der Waals surface area contributed by atoms with Crippen LogP contribution in [-0.2, 0) is 0 Å². The summed E-state index contributed by atoms with van der Waals surface area (Å²) in [5.41, 5.74) is 0. The maximum absolute atomic E-state index is 5.22. The summed E-state index contributed by atoms with van der Waals surface area (Å²) in [5, 5.41) is 5.01. The van der Waals surface area contributed by atoms with E-state index >= 15 is 0 Å². The molecule has 0 saturated carbocycles. The molecule has 5 heteroatoms. The van der Waals surface area contributed by atoms with E-state index in [1.54, 1.807) is 11.8 Å². The van der Waals surface area contributed by atoms with E-state index in [-0.39, 0.29) is 0 Å². The molecule has 1 fully saturated rings. The first kappa shape index (κ1) is 10.8. The van der Waals surface area contributed by atoms with Gasteiger partial charge in [0.2, 0.25) is 0 Å². The molecule has 0 spiro atoms. The molecular weight excluding hydrogens is 202 g/mol. The molecule has 13 heavy (non-hydrogen) atoms. The van der Waals surface area contributed by atoms with E-state index < -0.39 is 0 Å². The number of nitrogens with one attached hydrogen (secondary N) is 1. The highest BCUT2D eigenvalue weighted by atomic mass is 32.2. The first-order valence-electron chi connectivity index (χ1n) is 4.52. The van der Waals surface area contributed by atoms with Crippen LogP contribution in [0.5, 0.6) is 0 Å². The van der Waals surface area contributed by atoms with Gasteiger partial charge in [0.15, 0.2) is 10.3 Å². The van der Waals surface area contributed by atoms with Crippen LogP contribution in [0, 0.1) is 0 Å². The topological polar surface area (TPSA) is 27.6 Å². The van der Waals surface area contributed by atoms with Crippen LogP contribution in [0.3, 0.4) is 0 Å². The minimum atomic E-state index is 0.805. The van der Waals surface area contributed by atoms with Crippen LogP contribution in [-0.4, -0.2) is 40.6 Å². The first-order chi connectivity index (χ1) is 6.29. The van der Waals surface area contributed by atoms with Crippen LogP contribution < -0.4 is 5.32 Å². The van der Waals surface area contributed by atoms with Gasteiger partial charge < -0.3 is 5.32 Å². The quantitative estimate of drug-likeness (QED) is 0.706. The van der Waals surface area contributed by atoms with Crippen molar-refractivity contribution in [2.24, 2.45) is 4.99 Å². The second kappa shape index (κ2) is 5.44. The van der Waals surface area contributed by atoms with Gasteiger partial charge in [0.1, 0.15) is 0 Å². The summed E-state index contributed by atoms with van der Waals surface area (Å²) in [7, 11) is 0. The lowest BCUT2D eigenvalue weighted by atomic mass is 10.6. The Labute approximate surface area is 89.0 Å². The zero-order chi connectivity index (χ0) is 9.68. The number of hydrogen-bond donors (Lipinski definition) is 1. The molecule has 74 valence electrons. The van der Waals surface area contributed by atoms with Crippen molar-refractivity contribution in [3.8, 4) is 0 Å². The van der Waals surface area contributed by atoms with E-state index in [4.69, 9.17) is 12.2 Å². The molecule has 0 aliphatic carbocycles. The van der Waals surface area contributed by atoms with E-state index in [9.17, 15) is 0 Å². The Balaban J connectivity index is 2.57. The Bertz CT molecular complexity index is 215. The smallest absolute Gasteiger partial charge is 0.175 e. The summed E-state index contributed by atoms with van der Waals surface area (Å²) in [5.74, 6) is 1.09. The lowest BCUT2D eigenvalue weighted by molar-refractivity contribution is 0.652. The van der Waals surface area contributed by atoms with Crippen LogP contribution in [0.1, 0.15) is 13.8 Å². The average molecular weight is 217 g/mol. The maximum atomic E-state index is 5.22. The monoisotopic (exact) mass is 217 g/mol. The predicted molar refractivity (Wildman–Crippen MR) is 63.4 cm³/mol. The second-order valence-electron chi connectivity index (χ2n) is 2.59.